The summed E-state index contributed by atoms with van der Waals surface area (Å²) in [5.74, 6) is -0.581. The fraction of sp³-hybridized carbons (Fsp3) is 0.0526. The number of hydrogen-bond donors (Lipinski definition) is 1. The fourth-order valence-electron chi connectivity index (χ4n) is 2.73. The Labute approximate surface area is 162 Å². The molecule has 0 aliphatic rings. The number of halogens is 3. The van der Waals surface area contributed by atoms with E-state index < -0.39 is 12.3 Å². The van der Waals surface area contributed by atoms with Gasteiger partial charge >= 0.3 is 0 Å². The summed E-state index contributed by atoms with van der Waals surface area (Å²) in [5, 5.41) is 6.63. The van der Waals surface area contributed by atoms with Crippen LogP contribution >= 0.6 is 11.6 Å². The molecule has 0 saturated heterocycles. The Morgan fingerprint density at radius 1 is 1.14 bits per heavy atom. The van der Waals surface area contributed by atoms with Gasteiger partial charge in [-0.3, -0.25) is 4.79 Å². The van der Waals surface area contributed by atoms with Gasteiger partial charge in [-0.2, -0.15) is 5.10 Å². The summed E-state index contributed by atoms with van der Waals surface area (Å²) in [6, 6.07) is 13.3. The number of carbonyl (C=O) groups excluding carboxylic acids is 1. The van der Waals surface area contributed by atoms with Crippen molar-refractivity contribution in [2.24, 2.45) is 0 Å². The van der Waals surface area contributed by atoms with Crippen LogP contribution in [0.5, 0.6) is 0 Å². The van der Waals surface area contributed by atoms with Gasteiger partial charge in [0.25, 0.3) is 12.3 Å². The van der Waals surface area contributed by atoms with Gasteiger partial charge < -0.3 is 5.32 Å². The van der Waals surface area contributed by atoms with Crippen molar-refractivity contribution < 1.29 is 13.6 Å². The van der Waals surface area contributed by atoms with Crippen LogP contribution in [0.2, 0.25) is 5.15 Å². The van der Waals surface area contributed by atoms with Gasteiger partial charge in [-0.1, -0.05) is 41.9 Å². The molecule has 0 atom stereocenters. The highest BCUT2D eigenvalue weighted by Crippen LogP contribution is 2.27. The Balaban J connectivity index is 1.82. The Kier molecular flexibility index (Phi) is 4.70. The number of nitrogens with one attached hydrogen (secondary N) is 1. The lowest BCUT2D eigenvalue weighted by molar-refractivity contribution is 0.102. The highest BCUT2D eigenvalue weighted by atomic mass is 35.5. The topological polar surface area (TPSA) is 72.2 Å². The van der Waals surface area contributed by atoms with Crippen LogP contribution in [-0.4, -0.2) is 25.5 Å². The van der Waals surface area contributed by atoms with Crippen LogP contribution in [-0.2, 0) is 0 Å². The molecule has 28 heavy (non-hydrogen) atoms. The van der Waals surface area contributed by atoms with E-state index in [0.717, 1.165) is 4.52 Å². The number of amides is 1. The number of anilines is 1. The molecule has 1 aromatic carbocycles. The molecule has 0 bridgehead atoms. The highest BCUT2D eigenvalue weighted by Gasteiger charge is 2.22. The van der Waals surface area contributed by atoms with E-state index in [1.165, 1.54) is 18.5 Å². The molecule has 0 aliphatic carbocycles. The molecule has 140 valence electrons. The van der Waals surface area contributed by atoms with Crippen molar-refractivity contribution >= 4 is 28.8 Å². The van der Waals surface area contributed by atoms with Crippen LogP contribution in [0.25, 0.3) is 16.9 Å². The molecule has 1 N–H and O–H groups in total. The standard InChI is InChI=1S/C19H12ClF2N5O/c20-16-13(7-4-8-23-16)26-19(28)12-10-24-27-15(17(21)22)9-14(25-18(12)27)11-5-2-1-3-6-11/h1-10,17H,(H,26,28). The van der Waals surface area contributed by atoms with Gasteiger partial charge in [0, 0.05) is 11.8 Å². The van der Waals surface area contributed by atoms with E-state index in [2.05, 4.69) is 20.4 Å². The molecule has 0 unspecified atom stereocenters. The number of aromatic nitrogens is 4. The maximum Gasteiger partial charge on any atom is 0.280 e. The van der Waals surface area contributed by atoms with E-state index in [9.17, 15) is 13.6 Å². The van der Waals surface area contributed by atoms with Crippen molar-refractivity contribution in [1.29, 1.82) is 0 Å². The second-order valence-corrected chi connectivity index (χ2v) is 6.18. The molecule has 0 radical (unpaired) electrons. The maximum absolute atomic E-state index is 13.6. The average Bonchev–Trinajstić information content (AvgIpc) is 3.13. The van der Waals surface area contributed by atoms with Gasteiger partial charge in [0.1, 0.15) is 11.3 Å². The average molecular weight is 400 g/mol. The first-order valence-corrected chi connectivity index (χ1v) is 8.56. The first-order valence-electron chi connectivity index (χ1n) is 8.18. The first kappa shape index (κ1) is 18.0. The zero-order chi connectivity index (χ0) is 19.7. The molecule has 1 amide bonds. The summed E-state index contributed by atoms with van der Waals surface area (Å²) in [4.78, 5) is 21.0. The molecule has 0 aliphatic heterocycles. The van der Waals surface area contributed by atoms with Crippen molar-refractivity contribution in [3.63, 3.8) is 0 Å². The van der Waals surface area contributed by atoms with E-state index >= 15 is 0 Å². The number of alkyl halides is 2. The van der Waals surface area contributed by atoms with Crippen molar-refractivity contribution in [2.45, 2.75) is 6.43 Å². The fourth-order valence-corrected chi connectivity index (χ4v) is 2.89. The molecular weight excluding hydrogens is 388 g/mol. The minimum atomic E-state index is -2.79. The normalized spacial score (nSPS) is 11.1. The molecule has 3 heterocycles. The lowest BCUT2D eigenvalue weighted by atomic mass is 10.1. The van der Waals surface area contributed by atoms with Crippen LogP contribution in [0.3, 0.4) is 0 Å². The molecule has 0 fully saturated rings. The van der Waals surface area contributed by atoms with Crippen molar-refractivity contribution in [3.8, 4) is 11.3 Å². The van der Waals surface area contributed by atoms with Crippen LogP contribution in [0.1, 0.15) is 22.5 Å². The minimum absolute atomic E-state index is 0.0224. The molecular formula is C19H12ClF2N5O. The molecule has 9 heteroatoms. The minimum Gasteiger partial charge on any atom is -0.319 e. The second kappa shape index (κ2) is 7.32. The first-order chi connectivity index (χ1) is 13.5. The Morgan fingerprint density at radius 3 is 2.64 bits per heavy atom. The molecule has 6 nitrogen and oxygen atoms in total. The number of pyridine rings is 1. The monoisotopic (exact) mass is 399 g/mol. The SMILES string of the molecule is O=C(Nc1cccnc1Cl)c1cnn2c(C(F)F)cc(-c3ccccc3)nc12. The largest absolute Gasteiger partial charge is 0.319 e. The van der Waals surface area contributed by atoms with Crippen molar-refractivity contribution in [3.05, 3.63) is 77.3 Å². The molecule has 0 saturated carbocycles. The second-order valence-electron chi connectivity index (χ2n) is 5.82. The highest BCUT2D eigenvalue weighted by molar-refractivity contribution is 6.32. The lowest BCUT2D eigenvalue weighted by Gasteiger charge is -2.09. The van der Waals surface area contributed by atoms with E-state index in [1.807, 2.05) is 6.07 Å². The number of fused-ring (bicyclic) bond motifs is 1. The zero-order valence-corrected chi connectivity index (χ0v) is 14.9. The maximum atomic E-state index is 13.6. The zero-order valence-electron chi connectivity index (χ0n) is 14.2. The van der Waals surface area contributed by atoms with Gasteiger partial charge in [-0.25, -0.2) is 23.3 Å². The Hall–Kier alpha value is -3.39. The van der Waals surface area contributed by atoms with Crippen LogP contribution in [0, 0.1) is 0 Å². The molecule has 3 aromatic heterocycles. The van der Waals surface area contributed by atoms with E-state index in [1.54, 1.807) is 36.4 Å². The summed E-state index contributed by atoms with van der Waals surface area (Å²) in [7, 11) is 0. The van der Waals surface area contributed by atoms with Gasteiger partial charge in [-0.05, 0) is 18.2 Å². The van der Waals surface area contributed by atoms with E-state index in [-0.39, 0.29) is 22.1 Å². The number of hydrogen-bond acceptors (Lipinski definition) is 4. The predicted molar refractivity (Wildman–Crippen MR) is 101 cm³/mol. The van der Waals surface area contributed by atoms with E-state index in [4.69, 9.17) is 11.6 Å². The summed E-state index contributed by atoms with van der Waals surface area (Å²) in [6.07, 6.45) is -0.116. The van der Waals surface area contributed by atoms with Gasteiger partial charge in [0.15, 0.2) is 10.8 Å². The molecule has 4 aromatic rings. The Morgan fingerprint density at radius 2 is 1.93 bits per heavy atom. The summed E-state index contributed by atoms with van der Waals surface area (Å²) in [5.41, 5.74) is 0.963. The quantitative estimate of drug-likeness (QED) is 0.508. The predicted octanol–water partition coefficient (Wildman–Crippen LogP) is 4.63. The van der Waals surface area contributed by atoms with Gasteiger partial charge in [0.2, 0.25) is 0 Å². The summed E-state index contributed by atoms with van der Waals surface area (Å²) >= 11 is 5.96. The number of nitrogens with zero attached hydrogens (tertiary/aromatic N) is 4. The van der Waals surface area contributed by atoms with Crippen LogP contribution in [0.4, 0.5) is 14.5 Å². The third-order valence-corrected chi connectivity index (χ3v) is 4.35. The van der Waals surface area contributed by atoms with E-state index in [0.29, 0.717) is 16.9 Å². The third kappa shape index (κ3) is 3.29. The number of carbonyl (C=O) groups is 1. The number of benzene rings is 1. The van der Waals surface area contributed by atoms with Gasteiger partial charge in [0.05, 0.1) is 17.6 Å². The molecule has 4 rings (SSSR count). The molecule has 0 spiro atoms. The smallest absolute Gasteiger partial charge is 0.280 e. The van der Waals surface area contributed by atoms with Crippen LogP contribution in [0.15, 0.2) is 60.9 Å². The number of rotatable bonds is 4. The lowest BCUT2D eigenvalue weighted by Crippen LogP contribution is -2.13. The van der Waals surface area contributed by atoms with Crippen molar-refractivity contribution in [2.75, 3.05) is 5.32 Å². The Bertz CT molecular complexity index is 1160. The van der Waals surface area contributed by atoms with Crippen LogP contribution < -0.4 is 5.32 Å². The third-order valence-electron chi connectivity index (χ3n) is 4.04. The summed E-state index contributed by atoms with van der Waals surface area (Å²) in [6.45, 7) is 0. The van der Waals surface area contributed by atoms with Gasteiger partial charge in [-0.15, -0.1) is 0 Å². The van der Waals surface area contributed by atoms with Crippen molar-refractivity contribution in [1.82, 2.24) is 19.6 Å². The summed E-state index contributed by atoms with van der Waals surface area (Å²) < 4.78 is 28.1.